The van der Waals surface area contributed by atoms with E-state index >= 15 is 0 Å². The average Bonchev–Trinajstić information content (AvgIpc) is 2.59. The fraction of sp³-hybridized carbons (Fsp3) is 0.955. The maximum Gasteiger partial charge on any atom is 0.219 e. The molecule has 2 N–H and O–H groups in total. The van der Waals surface area contributed by atoms with Crippen molar-refractivity contribution in [2.75, 3.05) is 20.6 Å². The predicted molar refractivity (Wildman–Crippen MR) is 113 cm³/mol. The smallest absolute Gasteiger partial charge is 0.219 e. The van der Waals surface area contributed by atoms with E-state index in [1.165, 1.54) is 89.9 Å². The molecule has 0 aliphatic rings. The number of amides is 1. The van der Waals surface area contributed by atoms with Crippen molar-refractivity contribution in [1.29, 1.82) is 0 Å². The summed E-state index contributed by atoms with van der Waals surface area (Å²) >= 11 is 0. The zero-order chi connectivity index (χ0) is 19.0. The molecule has 0 spiro atoms. The molecule has 0 radical (unpaired) electrons. The number of rotatable bonds is 17. The van der Waals surface area contributed by atoms with Crippen molar-refractivity contribution in [2.45, 2.75) is 117 Å². The largest absolute Gasteiger partial charge is 0.356 e. The molecule has 152 valence electrons. The van der Waals surface area contributed by atoms with Gasteiger partial charge in [-0.25, -0.2) is 0 Å². The lowest BCUT2D eigenvalue weighted by Gasteiger charge is -2.04. The van der Waals surface area contributed by atoms with Crippen molar-refractivity contribution >= 4 is 5.91 Å². The Morgan fingerprint density at radius 3 is 1.24 bits per heavy atom. The summed E-state index contributed by atoms with van der Waals surface area (Å²) < 4.78 is 0. The lowest BCUT2D eigenvalue weighted by molar-refractivity contribution is -0.121. The maximum atomic E-state index is 11.3. The third-order valence-corrected chi connectivity index (χ3v) is 4.38. The Morgan fingerprint density at radius 1 is 0.600 bits per heavy atom. The van der Waals surface area contributed by atoms with Crippen molar-refractivity contribution in [1.82, 2.24) is 10.6 Å². The first-order valence-corrected chi connectivity index (χ1v) is 11.1. The Labute approximate surface area is 159 Å². The van der Waals surface area contributed by atoms with Crippen LogP contribution in [0.5, 0.6) is 0 Å². The summed E-state index contributed by atoms with van der Waals surface area (Å²) in [6.45, 7) is 5.02. The van der Waals surface area contributed by atoms with E-state index in [4.69, 9.17) is 0 Å². The second-order valence-corrected chi connectivity index (χ2v) is 7.15. The molecule has 0 saturated heterocycles. The van der Waals surface area contributed by atoms with Crippen LogP contribution in [-0.2, 0) is 4.79 Å². The lowest BCUT2D eigenvalue weighted by Crippen LogP contribution is -2.21. The molecule has 3 nitrogen and oxygen atoms in total. The van der Waals surface area contributed by atoms with Crippen LogP contribution < -0.4 is 10.6 Å². The van der Waals surface area contributed by atoms with Crippen LogP contribution in [0.3, 0.4) is 0 Å². The fourth-order valence-electron chi connectivity index (χ4n) is 2.94. The number of nitrogens with one attached hydrogen (secondary N) is 2. The van der Waals surface area contributed by atoms with E-state index in [1.807, 2.05) is 21.0 Å². The van der Waals surface area contributed by atoms with Crippen LogP contribution in [0.25, 0.3) is 0 Å². The van der Waals surface area contributed by atoms with Gasteiger partial charge in [0.25, 0.3) is 0 Å². The SMILES string of the molecule is CCCCCCCCCCCCCCCCCC(=O)NCC.CNC. The molecule has 0 atom stereocenters. The Hall–Kier alpha value is -0.570. The third kappa shape index (κ3) is 28.5. The molecule has 0 fully saturated rings. The summed E-state index contributed by atoms with van der Waals surface area (Å²) in [6, 6.07) is 0. The minimum atomic E-state index is 0.220. The zero-order valence-corrected chi connectivity index (χ0v) is 17.9. The number of unbranched alkanes of at least 4 members (excludes halogenated alkanes) is 14. The molecule has 0 unspecified atom stereocenters. The molecule has 0 aromatic rings. The Balaban J connectivity index is 0. The van der Waals surface area contributed by atoms with E-state index in [0.717, 1.165) is 13.0 Å². The minimum Gasteiger partial charge on any atom is -0.356 e. The molecule has 25 heavy (non-hydrogen) atoms. The molecule has 0 bridgehead atoms. The molecule has 1 amide bonds. The molecular weight excluding hydrogens is 308 g/mol. The lowest BCUT2D eigenvalue weighted by atomic mass is 10.0. The van der Waals surface area contributed by atoms with Crippen LogP contribution in [0.4, 0.5) is 0 Å². The summed E-state index contributed by atoms with van der Waals surface area (Å²) in [7, 11) is 3.75. The number of hydrogen-bond acceptors (Lipinski definition) is 2. The van der Waals surface area contributed by atoms with Gasteiger partial charge in [-0.2, -0.15) is 0 Å². The van der Waals surface area contributed by atoms with Gasteiger partial charge in [0.05, 0.1) is 0 Å². The molecule has 3 heteroatoms. The second-order valence-electron chi connectivity index (χ2n) is 7.15. The van der Waals surface area contributed by atoms with Gasteiger partial charge in [0.2, 0.25) is 5.91 Å². The summed E-state index contributed by atoms with van der Waals surface area (Å²) in [5, 5.41) is 5.61. The van der Waals surface area contributed by atoms with Crippen molar-refractivity contribution in [2.24, 2.45) is 0 Å². The highest BCUT2D eigenvalue weighted by Crippen LogP contribution is 2.13. The summed E-state index contributed by atoms with van der Waals surface area (Å²) in [4.78, 5) is 11.3. The molecule has 0 aromatic carbocycles. The third-order valence-electron chi connectivity index (χ3n) is 4.38. The van der Waals surface area contributed by atoms with Gasteiger partial charge < -0.3 is 10.6 Å². The first-order valence-electron chi connectivity index (χ1n) is 11.1. The van der Waals surface area contributed by atoms with Crippen LogP contribution >= 0.6 is 0 Å². The second kappa shape index (κ2) is 25.7. The van der Waals surface area contributed by atoms with Crippen molar-refractivity contribution in [3.05, 3.63) is 0 Å². The topological polar surface area (TPSA) is 41.1 Å². The van der Waals surface area contributed by atoms with Gasteiger partial charge in [0.1, 0.15) is 0 Å². The maximum absolute atomic E-state index is 11.3. The number of hydrogen-bond donors (Lipinski definition) is 2. The van der Waals surface area contributed by atoms with Gasteiger partial charge >= 0.3 is 0 Å². The van der Waals surface area contributed by atoms with E-state index in [-0.39, 0.29) is 5.91 Å². The molecule has 0 aliphatic heterocycles. The Bertz CT molecular complexity index is 244. The monoisotopic (exact) mass is 356 g/mol. The van der Waals surface area contributed by atoms with Gasteiger partial charge in [-0.15, -0.1) is 0 Å². The van der Waals surface area contributed by atoms with E-state index in [1.54, 1.807) is 0 Å². The molecule has 0 aromatic heterocycles. The van der Waals surface area contributed by atoms with Crippen LogP contribution in [0.2, 0.25) is 0 Å². The minimum absolute atomic E-state index is 0.220. The van der Waals surface area contributed by atoms with Gasteiger partial charge in [0, 0.05) is 13.0 Å². The highest BCUT2D eigenvalue weighted by molar-refractivity contribution is 5.75. The predicted octanol–water partition coefficient (Wildman–Crippen LogP) is 6.22. The first-order chi connectivity index (χ1) is 12.2. The van der Waals surface area contributed by atoms with Gasteiger partial charge in [0.15, 0.2) is 0 Å². The molecule has 0 saturated carbocycles. The number of carbonyl (C=O) groups excluding carboxylic acids is 1. The first kappa shape index (κ1) is 26.7. The Morgan fingerprint density at radius 2 is 0.920 bits per heavy atom. The van der Waals surface area contributed by atoms with Crippen LogP contribution in [0.1, 0.15) is 117 Å². The van der Waals surface area contributed by atoms with Gasteiger partial charge in [-0.3, -0.25) is 4.79 Å². The molecule has 0 aliphatic carbocycles. The van der Waals surface area contributed by atoms with Crippen LogP contribution in [0, 0.1) is 0 Å². The van der Waals surface area contributed by atoms with E-state index in [9.17, 15) is 4.79 Å². The van der Waals surface area contributed by atoms with Gasteiger partial charge in [-0.05, 0) is 27.4 Å². The summed E-state index contributed by atoms with van der Waals surface area (Å²) in [6.07, 6.45) is 21.3. The standard InChI is InChI=1S/C20H41NO.C2H7N/c1-3-5-6-7-8-9-10-11-12-13-14-15-16-17-18-19-20(22)21-4-2;1-3-2/h3-19H2,1-2H3,(H,21,22);3H,1-2H3. The highest BCUT2D eigenvalue weighted by Gasteiger charge is 1.98. The van der Waals surface area contributed by atoms with Crippen molar-refractivity contribution in [3.63, 3.8) is 0 Å². The normalized spacial score (nSPS) is 10.2. The Kier molecular flexibility index (Phi) is 27.4. The van der Waals surface area contributed by atoms with Gasteiger partial charge in [-0.1, -0.05) is 96.8 Å². The quantitative estimate of drug-likeness (QED) is 0.304. The number of carbonyl (C=O) groups is 1. The van der Waals surface area contributed by atoms with Crippen LogP contribution in [-0.4, -0.2) is 26.5 Å². The molecule has 0 heterocycles. The van der Waals surface area contributed by atoms with E-state index in [0.29, 0.717) is 6.42 Å². The fourth-order valence-corrected chi connectivity index (χ4v) is 2.94. The van der Waals surface area contributed by atoms with Crippen LogP contribution in [0.15, 0.2) is 0 Å². The zero-order valence-electron chi connectivity index (χ0n) is 17.9. The van der Waals surface area contributed by atoms with Crippen molar-refractivity contribution in [3.8, 4) is 0 Å². The molecule has 0 rings (SSSR count). The summed E-state index contributed by atoms with van der Waals surface area (Å²) in [5.41, 5.74) is 0. The van der Waals surface area contributed by atoms with E-state index < -0.39 is 0 Å². The highest BCUT2D eigenvalue weighted by atomic mass is 16.1. The summed E-state index contributed by atoms with van der Waals surface area (Å²) in [5.74, 6) is 0.220. The van der Waals surface area contributed by atoms with Crippen molar-refractivity contribution < 1.29 is 4.79 Å². The van der Waals surface area contributed by atoms with E-state index in [2.05, 4.69) is 17.6 Å². The average molecular weight is 357 g/mol. The molecular formula is C22H48N2O.